The van der Waals surface area contributed by atoms with Gasteiger partial charge in [0.15, 0.2) is 0 Å². The van der Waals surface area contributed by atoms with Gasteiger partial charge in [-0.1, -0.05) is 54.9 Å². The van der Waals surface area contributed by atoms with Crippen LogP contribution in [0.2, 0.25) is 0 Å². The molecule has 0 saturated carbocycles. The normalized spacial score (nSPS) is 15.0. The molecule has 2 unspecified atom stereocenters. The van der Waals surface area contributed by atoms with E-state index in [9.17, 15) is 4.79 Å². The molecule has 1 amide bonds. The van der Waals surface area contributed by atoms with E-state index in [0.29, 0.717) is 0 Å². The standard InChI is InChI=1S/C14H21BrN2O/c1-9(10-7-5-6-8-11(10)15)17-13(18)12(16)14(2,3)4/h5-9,12H,16H2,1-4H3,(H,17,18). The molecule has 3 N–H and O–H groups in total. The molecule has 0 aliphatic carbocycles. The summed E-state index contributed by atoms with van der Waals surface area (Å²) in [5.74, 6) is -0.120. The number of nitrogens with two attached hydrogens (primary N) is 1. The number of benzene rings is 1. The Bertz CT molecular complexity index is 426. The maximum Gasteiger partial charge on any atom is 0.237 e. The highest BCUT2D eigenvalue weighted by Gasteiger charge is 2.28. The Morgan fingerprint density at radius 3 is 2.39 bits per heavy atom. The molecule has 18 heavy (non-hydrogen) atoms. The highest BCUT2D eigenvalue weighted by atomic mass is 79.9. The van der Waals surface area contributed by atoms with E-state index in [1.807, 2.05) is 52.0 Å². The van der Waals surface area contributed by atoms with Crippen molar-refractivity contribution in [2.45, 2.75) is 39.8 Å². The van der Waals surface area contributed by atoms with Crippen molar-refractivity contribution >= 4 is 21.8 Å². The molecule has 0 bridgehead atoms. The molecule has 0 heterocycles. The maximum absolute atomic E-state index is 12.0. The molecule has 0 spiro atoms. The summed E-state index contributed by atoms with van der Waals surface area (Å²) >= 11 is 3.48. The molecule has 1 rings (SSSR count). The minimum atomic E-state index is -0.512. The summed E-state index contributed by atoms with van der Waals surface area (Å²) in [5, 5.41) is 2.95. The lowest BCUT2D eigenvalue weighted by molar-refractivity contribution is -0.125. The van der Waals surface area contributed by atoms with Crippen LogP contribution in [-0.2, 0) is 4.79 Å². The quantitative estimate of drug-likeness (QED) is 0.901. The molecule has 0 radical (unpaired) electrons. The van der Waals surface area contributed by atoms with Gasteiger partial charge in [0.2, 0.25) is 5.91 Å². The van der Waals surface area contributed by atoms with Gasteiger partial charge >= 0.3 is 0 Å². The number of carbonyl (C=O) groups is 1. The largest absolute Gasteiger partial charge is 0.348 e. The number of hydrogen-bond acceptors (Lipinski definition) is 2. The summed E-state index contributed by atoms with van der Waals surface area (Å²) in [6, 6.07) is 7.26. The average Bonchev–Trinajstić information content (AvgIpc) is 2.27. The van der Waals surface area contributed by atoms with Crippen molar-refractivity contribution in [2.75, 3.05) is 0 Å². The van der Waals surface area contributed by atoms with Gasteiger partial charge in [-0.3, -0.25) is 4.79 Å². The lowest BCUT2D eigenvalue weighted by atomic mass is 9.86. The van der Waals surface area contributed by atoms with E-state index in [2.05, 4.69) is 21.2 Å². The van der Waals surface area contributed by atoms with E-state index in [1.54, 1.807) is 0 Å². The first-order chi connectivity index (χ1) is 8.23. The summed E-state index contributed by atoms with van der Waals surface area (Å²) in [6.07, 6.45) is 0. The number of rotatable bonds is 3. The zero-order valence-electron chi connectivity index (χ0n) is 11.3. The molecule has 4 heteroatoms. The van der Waals surface area contributed by atoms with Crippen LogP contribution in [0.1, 0.15) is 39.3 Å². The highest BCUT2D eigenvalue weighted by molar-refractivity contribution is 9.10. The van der Waals surface area contributed by atoms with Crippen molar-refractivity contribution in [1.82, 2.24) is 5.32 Å². The van der Waals surface area contributed by atoms with Gasteiger partial charge in [-0.25, -0.2) is 0 Å². The molecule has 1 aromatic carbocycles. The fourth-order valence-corrected chi connectivity index (χ4v) is 2.23. The van der Waals surface area contributed by atoms with Crippen LogP contribution in [-0.4, -0.2) is 11.9 Å². The molecule has 0 aliphatic heterocycles. The molecule has 0 aromatic heterocycles. The van der Waals surface area contributed by atoms with Gasteiger partial charge in [-0.2, -0.15) is 0 Å². The minimum Gasteiger partial charge on any atom is -0.348 e. The fraction of sp³-hybridized carbons (Fsp3) is 0.500. The first-order valence-corrected chi connectivity index (χ1v) is 6.83. The third-order valence-corrected chi connectivity index (χ3v) is 3.67. The van der Waals surface area contributed by atoms with Gasteiger partial charge in [0.25, 0.3) is 0 Å². The number of hydrogen-bond donors (Lipinski definition) is 2. The van der Waals surface area contributed by atoms with Crippen molar-refractivity contribution < 1.29 is 4.79 Å². The summed E-state index contributed by atoms with van der Waals surface area (Å²) in [6.45, 7) is 7.83. The lowest BCUT2D eigenvalue weighted by Gasteiger charge is -2.27. The highest BCUT2D eigenvalue weighted by Crippen LogP contribution is 2.24. The Morgan fingerprint density at radius 2 is 1.89 bits per heavy atom. The van der Waals surface area contributed by atoms with E-state index < -0.39 is 6.04 Å². The van der Waals surface area contributed by atoms with Gasteiger partial charge in [0.1, 0.15) is 0 Å². The monoisotopic (exact) mass is 312 g/mol. The number of halogens is 1. The number of amides is 1. The average molecular weight is 313 g/mol. The van der Waals surface area contributed by atoms with E-state index >= 15 is 0 Å². The summed E-state index contributed by atoms with van der Waals surface area (Å²) in [7, 11) is 0. The number of nitrogens with one attached hydrogen (secondary N) is 1. The Morgan fingerprint density at radius 1 is 1.33 bits per heavy atom. The topological polar surface area (TPSA) is 55.1 Å². The molecule has 2 atom stereocenters. The fourth-order valence-electron chi connectivity index (χ4n) is 1.60. The third-order valence-electron chi connectivity index (χ3n) is 2.95. The number of carbonyl (C=O) groups excluding carboxylic acids is 1. The van der Waals surface area contributed by atoms with Crippen LogP contribution < -0.4 is 11.1 Å². The second kappa shape index (κ2) is 5.85. The van der Waals surface area contributed by atoms with E-state index in [0.717, 1.165) is 10.0 Å². The third kappa shape index (κ3) is 3.82. The van der Waals surface area contributed by atoms with Crippen LogP contribution in [0.4, 0.5) is 0 Å². The minimum absolute atomic E-state index is 0.0681. The predicted molar refractivity (Wildman–Crippen MR) is 78.1 cm³/mol. The van der Waals surface area contributed by atoms with Crippen molar-refractivity contribution in [3.8, 4) is 0 Å². The Hall–Kier alpha value is -0.870. The first kappa shape index (κ1) is 15.2. The zero-order valence-corrected chi connectivity index (χ0v) is 12.9. The zero-order chi connectivity index (χ0) is 13.9. The van der Waals surface area contributed by atoms with Gasteiger partial charge in [-0.15, -0.1) is 0 Å². The molecule has 3 nitrogen and oxygen atoms in total. The molecule has 0 saturated heterocycles. The predicted octanol–water partition coefficient (Wildman–Crippen LogP) is 3.00. The van der Waals surface area contributed by atoms with Crippen LogP contribution in [0, 0.1) is 5.41 Å². The second-order valence-corrected chi connectivity index (χ2v) is 6.45. The molecular formula is C14H21BrN2O. The van der Waals surface area contributed by atoms with Gasteiger partial charge in [-0.05, 0) is 24.0 Å². The van der Waals surface area contributed by atoms with E-state index in [-0.39, 0.29) is 17.4 Å². The van der Waals surface area contributed by atoms with Crippen molar-refractivity contribution in [3.63, 3.8) is 0 Å². The first-order valence-electron chi connectivity index (χ1n) is 6.04. The van der Waals surface area contributed by atoms with Crippen LogP contribution >= 0.6 is 15.9 Å². The molecule has 0 aliphatic rings. The summed E-state index contributed by atoms with van der Waals surface area (Å²) in [4.78, 5) is 12.0. The smallest absolute Gasteiger partial charge is 0.237 e. The van der Waals surface area contributed by atoms with Crippen molar-refractivity contribution in [1.29, 1.82) is 0 Å². The van der Waals surface area contributed by atoms with E-state index in [4.69, 9.17) is 5.73 Å². The van der Waals surface area contributed by atoms with Gasteiger partial charge < -0.3 is 11.1 Å². The Balaban J connectivity index is 2.75. The van der Waals surface area contributed by atoms with Gasteiger partial charge in [0, 0.05) is 4.47 Å². The van der Waals surface area contributed by atoms with Crippen LogP contribution in [0.25, 0.3) is 0 Å². The van der Waals surface area contributed by atoms with E-state index in [1.165, 1.54) is 0 Å². The maximum atomic E-state index is 12.0. The Labute approximate surface area is 117 Å². The molecule has 100 valence electrons. The second-order valence-electron chi connectivity index (χ2n) is 5.60. The van der Waals surface area contributed by atoms with Crippen molar-refractivity contribution in [3.05, 3.63) is 34.3 Å². The van der Waals surface area contributed by atoms with Crippen LogP contribution in [0.5, 0.6) is 0 Å². The lowest BCUT2D eigenvalue weighted by Crippen LogP contribution is -2.49. The van der Waals surface area contributed by atoms with Crippen molar-refractivity contribution in [2.24, 2.45) is 11.1 Å². The van der Waals surface area contributed by atoms with Crippen LogP contribution in [0.3, 0.4) is 0 Å². The molecule has 1 aromatic rings. The van der Waals surface area contributed by atoms with Gasteiger partial charge in [0.05, 0.1) is 12.1 Å². The SMILES string of the molecule is CC(NC(=O)C(N)C(C)(C)C)c1ccccc1Br. The summed E-state index contributed by atoms with van der Waals surface area (Å²) in [5.41, 5.74) is 6.74. The Kier molecular flexibility index (Phi) is 4.93. The summed E-state index contributed by atoms with van der Waals surface area (Å²) < 4.78 is 0.988. The van der Waals surface area contributed by atoms with Crippen LogP contribution in [0.15, 0.2) is 28.7 Å². The molecular weight excluding hydrogens is 292 g/mol. The molecule has 0 fully saturated rings.